The van der Waals surface area contributed by atoms with Gasteiger partial charge in [-0.2, -0.15) is 0 Å². The van der Waals surface area contributed by atoms with E-state index in [1.807, 2.05) is 0 Å². The summed E-state index contributed by atoms with van der Waals surface area (Å²) in [6.45, 7) is 1.36. The highest BCUT2D eigenvalue weighted by molar-refractivity contribution is 4.85. The minimum absolute atomic E-state index is 0.00926. The van der Waals surface area contributed by atoms with Crippen molar-refractivity contribution in [2.45, 2.75) is 38.2 Å². The third-order valence-electron chi connectivity index (χ3n) is 1.92. The van der Waals surface area contributed by atoms with E-state index in [2.05, 4.69) is 0 Å². The lowest BCUT2D eigenvalue weighted by molar-refractivity contribution is -0.0327. The fourth-order valence-corrected chi connectivity index (χ4v) is 0.893. The number of nitrogens with two attached hydrogens (primary N) is 1. The Hall–Kier alpha value is -0.180. The zero-order valence-electron chi connectivity index (χ0n) is 6.11. The second-order valence-corrected chi connectivity index (χ2v) is 3.20. The van der Waals surface area contributed by atoms with E-state index in [4.69, 9.17) is 5.73 Å². The van der Waals surface area contributed by atoms with Crippen molar-refractivity contribution in [1.29, 1.82) is 0 Å². The molecular formula is C7H13F2N. The molecule has 0 spiro atoms. The molecule has 1 nitrogen and oxygen atoms in total. The van der Waals surface area contributed by atoms with Crippen molar-refractivity contribution in [3.63, 3.8) is 0 Å². The van der Waals surface area contributed by atoms with Crippen LogP contribution in [0.25, 0.3) is 0 Å². The molecular weight excluding hydrogens is 136 g/mol. The van der Waals surface area contributed by atoms with Crippen LogP contribution in [0.3, 0.4) is 0 Å². The topological polar surface area (TPSA) is 26.0 Å². The Morgan fingerprint density at radius 1 is 1.60 bits per heavy atom. The molecule has 1 saturated carbocycles. The molecule has 10 heavy (non-hydrogen) atoms. The van der Waals surface area contributed by atoms with Gasteiger partial charge >= 0.3 is 0 Å². The molecule has 2 N–H and O–H groups in total. The highest BCUT2D eigenvalue weighted by Crippen LogP contribution is 2.39. The van der Waals surface area contributed by atoms with Gasteiger partial charge < -0.3 is 5.73 Å². The molecule has 1 rings (SSSR count). The van der Waals surface area contributed by atoms with Crippen molar-refractivity contribution in [3.05, 3.63) is 0 Å². The van der Waals surface area contributed by atoms with Crippen molar-refractivity contribution in [3.8, 4) is 0 Å². The van der Waals surface area contributed by atoms with Gasteiger partial charge in [-0.05, 0) is 25.7 Å². The van der Waals surface area contributed by atoms with Gasteiger partial charge in [-0.3, -0.25) is 0 Å². The second kappa shape index (κ2) is 2.46. The van der Waals surface area contributed by atoms with Crippen molar-refractivity contribution in [2.24, 2.45) is 11.7 Å². The first kappa shape index (κ1) is 7.92. The predicted octanol–water partition coefficient (Wildman–Crippen LogP) is 1.77. The van der Waals surface area contributed by atoms with Crippen molar-refractivity contribution < 1.29 is 8.78 Å². The lowest BCUT2D eigenvalue weighted by atomic mass is 10.1. The SMILES string of the molecule is CC(N)C(F)(F)CC1CC1. The predicted molar refractivity (Wildman–Crippen MR) is 35.9 cm³/mol. The maximum Gasteiger partial charge on any atom is 0.262 e. The summed E-state index contributed by atoms with van der Waals surface area (Å²) in [7, 11) is 0. The quantitative estimate of drug-likeness (QED) is 0.650. The Kier molecular flexibility index (Phi) is 1.95. The van der Waals surface area contributed by atoms with Crippen molar-refractivity contribution >= 4 is 0 Å². The summed E-state index contributed by atoms with van der Waals surface area (Å²) in [5.41, 5.74) is 5.10. The Labute approximate surface area is 59.6 Å². The number of rotatable bonds is 3. The van der Waals surface area contributed by atoms with Gasteiger partial charge in [0.1, 0.15) is 0 Å². The summed E-state index contributed by atoms with van der Waals surface area (Å²) >= 11 is 0. The summed E-state index contributed by atoms with van der Waals surface area (Å²) in [5, 5.41) is 0. The van der Waals surface area contributed by atoms with Gasteiger partial charge in [0, 0.05) is 6.42 Å². The molecule has 0 aromatic carbocycles. The number of halogens is 2. The zero-order valence-corrected chi connectivity index (χ0v) is 6.11. The van der Waals surface area contributed by atoms with Crippen LogP contribution in [-0.2, 0) is 0 Å². The fourth-order valence-electron chi connectivity index (χ4n) is 0.893. The average molecular weight is 149 g/mol. The van der Waals surface area contributed by atoms with E-state index in [1.54, 1.807) is 0 Å². The van der Waals surface area contributed by atoms with Gasteiger partial charge in [0.25, 0.3) is 5.92 Å². The fraction of sp³-hybridized carbons (Fsp3) is 1.00. The Morgan fingerprint density at radius 3 is 2.40 bits per heavy atom. The second-order valence-electron chi connectivity index (χ2n) is 3.20. The lowest BCUT2D eigenvalue weighted by Crippen LogP contribution is -2.38. The van der Waals surface area contributed by atoms with Gasteiger partial charge in [0.2, 0.25) is 0 Å². The van der Waals surface area contributed by atoms with Crippen LogP contribution in [0.2, 0.25) is 0 Å². The summed E-state index contributed by atoms with van der Waals surface area (Å²) < 4.78 is 25.4. The monoisotopic (exact) mass is 149 g/mol. The van der Waals surface area contributed by atoms with Gasteiger partial charge in [0.15, 0.2) is 0 Å². The van der Waals surface area contributed by atoms with Gasteiger partial charge in [0.05, 0.1) is 6.04 Å². The number of hydrogen-bond donors (Lipinski definition) is 1. The highest BCUT2D eigenvalue weighted by Gasteiger charge is 2.40. The standard InChI is InChI=1S/C7H13F2N/c1-5(10)7(8,9)4-6-2-3-6/h5-6H,2-4,10H2,1H3. The van der Waals surface area contributed by atoms with Crippen LogP contribution in [0.5, 0.6) is 0 Å². The molecule has 1 aliphatic rings. The third-order valence-corrected chi connectivity index (χ3v) is 1.92. The van der Waals surface area contributed by atoms with E-state index in [0.717, 1.165) is 12.8 Å². The van der Waals surface area contributed by atoms with Crippen LogP contribution in [0.1, 0.15) is 26.2 Å². The number of alkyl halides is 2. The molecule has 0 amide bonds. The van der Waals surface area contributed by atoms with Gasteiger partial charge in [-0.25, -0.2) is 8.78 Å². The summed E-state index contributed by atoms with van der Waals surface area (Å²) in [5.74, 6) is -2.39. The van der Waals surface area contributed by atoms with E-state index >= 15 is 0 Å². The molecule has 0 aromatic heterocycles. The third kappa shape index (κ3) is 1.90. The van der Waals surface area contributed by atoms with E-state index in [9.17, 15) is 8.78 Å². The van der Waals surface area contributed by atoms with Crippen molar-refractivity contribution in [2.75, 3.05) is 0 Å². The molecule has 0 radical (unpaired) electrons. The Morgan fingerprint density at radius 2 is 2.10 bits per heavy atom. The molecule has 0 bridgehead atoms. The molecule has 1 atom stereocenters. The average Bonchev–Trinajstić information content (AvgIpc) is 2.48. The molecule has 3 heteroatoms. The van der Waals surface area contributed by atoms with E-state index < -0.39 is 12.0 Å². The smallest absolute Gasteiger partial charge is 0.262 e. The first-order valence-electron chi connectivity index (χ1n) is 3.66. The lowest BCUT2D eigenvalue weighted by Gasteiger charge is -2.19. The first-order chi connectivity index (χ1) is 4.52. The van der Waals surface area contributed by atoms with Crippen LogP contribution in [-0.4, -0.2) is 12.0 Å². The molecule has 1 aliphatic carbocycles. The minimum Gasteiger partial charge on any atom is -0.323 e. The molecule has 0 heterocycles. The summed E-state index contributed by atoms with van der Waals surface area (Å²) in [6.07, 6.45) is 1.91. The van der Waals surface area contributed by atoms with Crippen molar-refractivity contribution in [1.82, 2.24) is 0 Å². The molecule has 1 unspecified atom stereocenters. The van der Waals surface area contributed by atoms with Crippen LogP contribution < -0.4 is 5.73 Å². The summed E-state index contributed by atoms with van der Waals surface area (Å²) in [6, 6.07) is -0.993. The number of hydrogen-bond acceptors (Lipinski definition) is 1. The van der Waals surface area contributed by atoms with Crippen LogP contribution >= 0.6 is 0 Å². The maximum atomic E-state index is 12.7. The largest absolute Gasteiger partial charge is 0.323 e. The molecule has 0 aliphatic heterocycles. The van der Waals surface area contributed by atoms with E-state index in [1.165, 1.54) is 6.92 Å². The van der Waals surface area contributed by atoms with E-state index in [0.29, 0.717) is 0 Å². The van der Waals surface area contributed by atoms with Gasteiger partial charge in [-0.15, -0.1) is 0 Å². The minimum atomic E-state index is -2.64. The molecule has 0 aromatic rings. The first-order valence-corrected chi connectivity index (χ1v) is 3.66. The van der Waals surface area contributed by atoms with Crippen LogP contribution in [0.15, 0.2) is 0 Å². The zero-order chi connectivity index (χ0) is 7.78. The molecule has 0 saturated heterocycles. The molecule has 1 fully saturated rings. The van der Waals surface area contributed by atoms with E-state index in [-0.39, 0.29) is 12.3 Å². The Balaban J connectivity index is 2.33. The normalized spacial score (nSPS) is 22.8. The summed E-state index contributed by atoms with van der Waals surface area (Å²) in [4.78, 5) is 0. The molecule has 60 valence electrons. The van der Waals surface area contributed by atoms with Crippen LogP contribution in [0, 0.1) is 5.92 Å². The maximum absolute atomic E-state index is 12.7. The highest BCUT2D eigenvalue weighted by atomic mass is 19.3. The van der Waals surface area contributed by atoms with Crippen LogP contribution in [0.4, 0.5) is 8.78 Å². The Bertz CT molecular complexity index is 119. The van der Waals surface area contributed by atoms with Gasteiger partial charge in [-0.1, -0.05) is 0 Å².